The van der Waals surface area contributed by atoms with Gasteiger partial charge in [0.25, 0.3) is 5.91 Å². The highest BCUT2D eigenvalue weighted by atomic mass is 16.2. The van der Waals surface area contributed by atoms with Crippen LogP contribution in [0, 0.1) is 6.92 Å². The summed E-state index contributed by atoms with van der Waals surface area (Å²) in [4.78, 5) is 16.3. The molecule has 0 bridgehead atoms. The lowest BCUT2D eigenvalue weighted by atomic mass is 10.1. The van der Waals surface area contributed by atoms with Crippen molar-refractivity contribution >= 4 is 11.6 Å². The van der Waals surface area contributed by atoms with Crippen LogP contribution in [-0.2, 0) is 6.54 Å². The van der Waals surface area contributed by atoms with E-state index in [0.29, 0.717) is 12.6 Å². The van der Waals surface area contributed by atoms with Crippen LogP contribution in [0.3, 0.4) is 0 Å². The molecular weight excluding hydrogens is 318 g/mol. The Morgan fingerprint density at radius 1 is 1.28 bits per heavy atom. The number of anilines is 1. The Kier molecular flexibility index (Phi) is 5.30. The third kappa shape index (κ3) is 3.97. The fourth-order valence-electron chi connectivity index (χ4n) is 3.27. The first kappa shape index (κ1) is 17.4. The zero-order valence-corrected chi connectivity index (χ0v) is 14.7. The molecule has 0 unspecified atom stereocenters. The molecule has 2 heterocycles. The quantitative estimate of drug-likeness (QED) is 0.464. The monoisotopic (exact) mass is 343 g/mol. The molecule has 1 aliphatic heterocycles. The number of benzene rings is 1. The molecular formula is C17H25N7O. The second kappa shape index (κ2) is 7.62. The molecule has 0 saturated carbocycles. The minimum absolute atomic E-state index is 0.235. The molecule has 1 fully saturated rings. The van der Waals surface area contributed by atoms with Gasteiger partial charge in [-0.05, 0) is 25.5 Å². The summed E-state index contributed by atoms with van der Waals surface area (Å²) in [7, 11) is 0. The summed E-state index contributed by atoms with van der Waals surface area (Å²) in [5.74, 6) is 4.69. The van der Waals surface area contributed by atoms with E-state index < -0.39 is 5.91 Å². The van der Waals surface area contributed by atoms with E-state index in [1.54, 1.807) is 10.9 Å². The van der Waals surface area contributed by atoms with Crippen LogP contribution >= 0.6 is 0 Å². The smallest absolute Gasteiger partial charge is 0.287 e. The van der Waals surface area contributed by atoms with Crippen molar-refractivity contribution < 1.29 is 4.79 Å². The van der Waals surface area contributed by atoms with Crippen molar-refractivity contribution in [2.24, 2.45) is 5.84 Å². The largest absolute Gasteiger partial charge is 0.369 e. The van der Waals surface area contributed by atoms with E-state index in [-0.39, 0.29) is 5.69 Å². The van der Waals surface area contributed by atoms with Crippen molar-refractivity contribution in [2.75, 3.05) is 31.1 Å². The van der Waals surface area contributed by atoms with Crippen LogP contribution in [0.15, 0.2) is 30.5 Å². The predicted molar refractivity (Wildman–Crippen MR) is 96.1 cm³/mol. The fourth-order valence-corrected chi connectivity index (χ4v) is 3.27. The number of amides is 1. The van der Waals surface area contributed by atoms with Gasteiger partial charge in [-0.3, -0.25) is 19.8 Å². The number of piperazine rings is 1. The number of nitrogen functional groups attached to an aromatic ring is 1. The van der Waals surface area contributed by atoms with Crippen LogP contribution in [0.2, 0.25) is 0 Å². The van der Waals surface area contributed by atoms with Crippen LogP contribution in [0.1, 0.15) is 23.0 Å². The molecule has 1 saturated heterocycles. The van der Waals surface area contributed by atoms with Gasteiger partial charge < -0.3 is 4.90 Å². The summed E-state index contributed by atoms with van der Waals surface area (Å²) < 4.78 is 1.70. The Hall–Kier alpha value is -2.45. The van der Waals surface area contributed by atoms with Gasteiger partial charge in [-0.15, -0.1) is 5.10 Å². The number of nitrogens with zero attached hydrogens (tertiary/aromatic N) is 5. The van der Waals surface area contributed by atoms with Gasteiger partial charge in [0, 0.05) is 37.9 Å². The van der Waals surface area contributed by atoms with Crippen molar-refractivity contribution in [3.63, 3.8) is 0 Å². The van der Waals surface area contributed by atoms with Gasteiger partial charge in [-0.2, -0.15) is 0 Å². The van der Waals surface area contributed by atoms with E-state index in [1.807, 2.05) is 0 Å². The first-order valence-corrected chi connectivity index (χ1v) is 8.54. The minimum atomic E-state index is -0.425. The summed E-state index contributed by atoms with van der Waals surface area (Å²) in [6.45, 7) is 9.04. The average molecular weight is 343 g/mol. The number of para-hydroxylation sites is 1. The highest BCUT2D eigenvalue weighted by molar-refractivity contribution is 5.91. The topological polar surface area (TPSA) is 92.3 Å². The second-order valence-corrected chi connectivity index (χ2v) is 6.46. The van der Waals surface area contributed by atoms with E-state index in [4.69, 9.17) is 5.84 Å². The van der Waals surface area contributed by atoms with Crippen LogP contribution in [-0.4, -0.2) is 58.0 Å². The van der Waals surface area contributed by atoms with E-state index >= 15 is 0 Å². The van der Waals surface area contributed by atoms with Gasteiger partial charge >= 0.3 is 0 Å². The lowest BCUT2D eigenvalue weighted by molar-refractivity contribution is 0.0948. The third-order valence-corrected chi connectivity index (χ3v) is 4.75. The Balaban J connectivity index is 1.55. The normalized spacial score (nSPS) is 16.7. The Bertz CT molecular complexity index is 721. The van der Waals surface area contributed by atoms with Crippen molar-refractivity contribution in [1.29, 1.82) is 0 Å². The van der Waals surface area contributed by atoms with Crippen LogP contribution < -0.4 is 16.2 Å². The van der Waals surface area contributed by atoms with Crippen molar-refractivity contribution in [3.05, 3.63) is 41.7 Å². The Labute approximate surface area is 147 Å². The Morgan fingerprint density at radius 2 is 2.00 bits per heavy atom. The number of hydrogen-bond donors (Lipinski definition) is 2. The molecule has 1 aromatic heterocycles. The summed E-state index contributed by atoms with van der Waals surface area (Å²) in [5, 5.41) is 7.85. The number of hydrogen-bond acceptors (Lipinski definition) is 6. The van der Waals surface area contributed by atoms with Gasteiger partial charge in [-0.25, -0.2) is 5.84 Å². The van der Waals surface area contributed by atoms with E-state index in [2.05, 4.69) is 63.7 Å². The number of nitrogens with one attached hydrogen (secondary N) is 1. The van der Waals surface area contributed by atoms with E-state index in [0.717, 1.165) is 26.2 Å². The van der Waals surface area contributed by atoms with Crippen LogP contribution in [0.25, 0.3) is 0 Å². The molecule has 0 aliphatic carbocycles. The minimum Gasteiger partial charge on any atom is -0.369 e. The molecule has 1 aromatic carbocycles. The van der Waals surface area contributed by atoms with E-state index in [9.17, 15) is 4.79 Å². The summed E-state index contributed by atoms with van der Waals surface area (Å²) in [5.41, 5.74) is 4.94. The highest BCUT2D eigenvalue weighted by Crippen LogP contribution is 2.21. The summed E-state index contributed by atoms with van der Waals surface area (Å²) in [6.07, 6.45) is 1.63. The number of carbonyl (C=O) groups excluding carboxylic acids is 1. The molecule has 2 aromatic rings. The first-order chi connectivity index (χ1) is 12.1. The molecule has 1 amide bonds. The molecule has 1 aliphatic rings. The summed E-state index contributed by atoms with van der Waals surface area (Å²) in [6, 6.07) is 8.83. The third-order valence-electron chi connectivity index (χ3n) is 4.75. The lowest BCUT2D eigenvalue weighted by Crippen LogP contribution is -2.50. The van der Waals surface area contributed by atoms with Crippen molar-refractivity contribution in [3.8, 4) is 0 Å². The number of rotatable bonds is 5. The maximum absolute atomic E-state index is 11.4. The Morgan fingerprint density at radius 3 is 2.68 bits per heavy atom. The highest BCUT2D eigenvalue weighted by Gasteiger charge is 2.22. The maximum atomic E-state index is 11.4. The molecule has 1 atom stereocenters. The molecule has 0 spiro atoms. The van der Waals surface area contributed by atoms with Gasteiger partial charge in [0.1, 0.15) is 0 Å². The van der Waals surface area contributed by atoms with Crippen LogP contribution in [0.4, 0.5) is 5.69 Å². The van der Waals surface area contributed by atoms with Crippen molar-refractivity contribution in [1.82, 2.24) is 25.3 Å². The SMILES string of the molecule is Cc1ccccc1N1CCN([C@@H](C)Cn2cc(C(=O)NN)nn2)CC1. The van der Waals surface area contributed by atoms with Gasteiger partial charge in [0.15, 0.2) is 5.69 Å². The lowest BCUT2D eigenvalue weighted by Gasteiger charge is -2.39. The number of hydrazine groups is 1. The zero-order chi connectivity index (χ0) is 17.8. The molecule has 8 heteroatoms. The fraction of sp³-hybridized carbons (Fsp3) is 0.471. The van der Waals surface area contributed by atoms with Gasteiger partial charge in [-0.1, -0.05) is 23.4 Å². The number of aromatic nitrogens is 3. The molecule has 3 rings (SSSR count). The molecule has 0 radical (unpaired) electrons. The average Bonchev–Trinajstić information content (AvgIpc) is 3.10. The van der Waals surface area contributed by atoms with Gasteiger partial charge in [0.2, 0.25) is 0 Å². The summed E-state index contributed by atoms with van der Waals surface area (Å²) >= 11 is 0. The molecule has 25 heavy (non-hydrogen) atoms. The zero-order valence-electron chi connectivity index (χ0n) is 14.7. The van der Waals surface area contributed by atoms with Crippen molar-refractivity contribution in [2.45, 2.75) is 26.4 Å². The number of nitrogens with two attached hydrogens (primary N) is 1. The number of aryl methyl sites for hydroxylation is 1. The number of carbonyl (C=O) groups is 1. The van der Waals surface area contributed by atoms with Crippen LogP contribution in [0.5, 0.6) is 0 Å². The second-order valence-electron chi connectivity index (χ2n) is 6.46. The predicted octanol–water partition coefficient (Wildman–Crippen LogP) is 0.401. The van der Waals surface area contributed by atoms with Gasteiger partial charge in [0.05, 0.1) is 12.7 Å². The molecule has 3 N–H and O–H groups in total. The van der Waals surface area contributed by atoms with E-state index in [1.165, 1.54) is 11.3 Å². The molecule has 134 valence electrons. The molecule has 8 nitrogen and oxygen atoms in total. The standard InChI is InChI=1S/C17H25N7O/c1-13-5-3-4-6-16(13)23-9-7-22(8-10-23)14(2)11-24-12-15(20-21-24)17(25)19-18/h3-6,12,14H,7-11,18H2,1-2H3,(H,19,25)/t14-/m0/s1. The first-order valence-electron chi connectivity index (χ1n) is 8.54. The maximum Gasteiger partial charge on any atom is 0.287 e.